The lowest BCUT2D eigenvalue weighted by Crippen LogP contribution is -2.49. The molecular weight excluding hydrogens is 477 g/mol. The summed E-state index contributed by atoms with van der Waals surface area (Å²) in [5, 5.41) is 9.52. The van der Waals surface area contributed by atoms with Gasteiger partial charge in [-0.3, -0.25) is 14.7 Å². The minimum atomic E-state index is 0. The fraction of sp³-hybridized carbons (Fsp3) is 0.636. The number of nitrogens with one attached hydrogen (secondary N) is 3. The standard InChI is InChI=1S/C22H37N5O.HI/c1-4-23-21(26-18-22(2,3)27-15-9-6-10-16-27)24-14-13-20(28)25-17-19-11-7-5-8-12-19;/h5,7-8,11-12H,4,6,9-10,13-18H2,1-3H3,(H,25,28)(H2,23,24,26);1H. The molecular formula is C22H38IN5O. The molecule has 0 radical (unpaired) electrons. The molecule has 1 aliphatic heterocycles. The van der Waals surface area contributed by atoms with Gasteiger partial charge in [0.25, 0.3) is 0 Å². The highest BCUT2D eigenvalue weighted by Gasteiger charge is 2.27. The Morgan fingerprint density at radius 1 is 1.07 bits per heavy atom. The molecule has 1 amide bonds. The number of benzene rings is 1. The van der Waals surface area contributed by atoms with E-state index in [2.05, 4.69) is 41.6 Å². The minimum absolute atomic E-state index is 0. The van der Waals surface area contributed by atoms with Crippen molar-refractivity contribution in [3.05, 3.63) is 35.9 Å². The van der Waals surface area contributed by atoms with Crippen molar-refractivity contribution in [3.63, 3.8) is 0 Å². The molecule has 1 aromatic rings. The van der Waals surface area contributed by atoms with Crippen molar-refractivity contribution < 1.29 is 4.79 Å². The maximum atomic E-state index is 12.1. The first kappa shape index (κ1) is 25.7. The van der Waals surface area contributed by atoms with Crippen LogP contribution < -0.4 is 16.0 Å². The lowest BCUT2D eigenvalue weighted by molar-refractivity contribution is -0.121. The fourth-order valence-electron chi connectivity index (χ4n) is 3.39. The van der Waals surface area contributed by atoms with Crippen LogP contribution in [0, 0.1) is 0 Å². The van der Waals surface area contributed by atoms with Crippen LogP contribution in [0.1, 0.15) is 52.0 Å². The fourth-order valence-corrected chi connectivity index (χ4v) is 3.39. The number of likely N-dealkylation sites (tertiary alicyclic amines) is 1. The Bertz CT molecular complexity index is 615. The van der Waals surface area contributed by atoms with E-state index in [9.17, 15) is 4.79 Å². The summed E-state index contributed by atoms with van der Waals surface area (Å²) in [6.45, 7) is 11.6. The largest absolute Gasteiger partial charge is 0.357 e. The van der Waals surface area contributed by atoms with E-state index in [0.29, 0.717) is 19.5 Å². The third-order valence-electron chi connectivity index (χ3n) is 5.16. The summed E-state index contributed by atoms with van der Waals surface area (Å²) in [5.74, 6) is 0.823. The van der Waals surface area contributed by atoms with Crippen molar-refractivity contribution in [1.82, 2.24) is 20.9 Å². The Kier molecular flexibility index (Phi) is 12.2. The van der Waals surface area contributed by atoms with Crippen LogP contribution in [-0.2, 0) is 11.3 Å². The number of carbonyl (C=O) groups excluding carboxylic acids is 1. The van der Waals surface area contributed by atoms with Crippen LogP contribution in [0.25, 0.3) is 0 Å². The van der Waals surface area contributed by atoms with E-state index in [1.165, 1.54) is 19.3 Å². The molecule has 164 valence electrons. The maximum absolute atomic E-state index is 12.1. The molecule has 1 heterocycles. The van der Waals surface area contributed by atoms with Crippen LogP contribution in [0.3, 0.4) is 0 Å². The van der Waals surface area contributed by atoms with Crippen molar-refractivity contribution in [2.75, 3.05) is 32.7 Å². The average Bonchev–Trinajstić information content (AvgIpc) is 2.72. The van der Waals surface area contributed by atoms with Crippen LogP contribution >= 0.6 is 24.0 Å². The van der Waals surface area contributed by atoms with Gasteiger partial charge in [-0.15, -0.1) is 24.0 Å². The number of aliphatic imine (C=N–C) groups is 1. The summed E-state index contributed by atoms with van der Waals surface area (Å²) in [4.78, 5) is 19.4. The highest BCUT2D eigenvalue weighted by molar-refractivity contribution is 14.0. The van der Waals surface area contributed by atoms with Gasteiger partial charge in [0, 0.05) is 31.6 Å². The third-order valence-corrected chi connectivity index (χ3v) is 5.16. The summed E-state index contributed by atoms with van der Waals surface area (Å²) in [5.41, 5.74) is 1.16. The van der Waals surface area contributed by atoms with Crippen molar-refractivity contribution >= 4 is 35.8 Å². The van der Waals surface area contributed by atoms with Gasteiger partial charge in [-0.25, -0.2) is 0 Å². The average molecular weight is 515 g/mol. The molecule has 0 saturated carbocycles. The molecule has 1 fully saturated rings. The number of amides is 1. The monoisotopic (exact) mass is 515 g/mol. The molecule has 1 saturated heterocycles. The lowest BCUT2D eigenvalue weighted by atomic mass is 9.99. The molecule has 0 unspecified atom stereocenters. The molecule has 7 heteroatoms. The van der Waals surface area contributed by atoms with Gasteiger partial charge in [0.15, 0.2) is 5.96 Å². The second kappa shape index (κ2) is 13.8. The second-order valence-corrected chi connectivity index (χ2v) is 7.99. The van der Waals surface area contributed by atoms with Crippen molar-refractivity contribution in [3.8, 4) is 0 Å². The Balaban J connectivity index is 0.00000420. The number of guanidine groups is 1. The molecule has 0 spiro atoms. The van der Waals surface area contributed by atoms with Gasteiger partial charge in [-0.2, -0.15) is 0 Å². The molecule has 0 aliphatic carbocycles. The number of nitrogens with zero attached hydrogens (tertiary/aromatic N) is 2. The van der Waals surface area contributed by atoms with Gasteiger partial charge in [0.2, 0.25) is 5.91 Å². The summed E-state index contributed by atoms with van der Waals surface area (Å²) >= 11 is 0. The summed E-state index contributed by atoms with van der Waals surface area (Å²) in [7, 11) is 0. The highest BCUT2D eigenvalue weighted by atomic mass is 127. The molecule has 29 heavy (non-hydrogen) atoms. The predicted octanol–water partition coefficient (Wildman–Crippen LogP) is 3.13. The second-order valence-electron chi connectivity index (χ2n) is 7.99. The van der Waals surface area contributed by atoms with Crippen LogP contribution in [0.4, 0.5) is 0 Å². The first-order valence-corrected chi connectivity index (χ1v) is 10.6. The van der Waals surface area contributed by atoms with E-state index in [4.69, 9.17) is 4.99 Å². The number of piperidine rings is 1. The van der Waals surface area contributed by atoms with Crippen LogP contribution in [0.5, 0.6) is 0 Å². The summed E-state index contributed by atoms with van der Waals surface area (Å²) in [6.07, 6.45) is 4.33. The number of hydrogen-bond donors (Lipinski definition) is 3. The van der Waals surface area contributed by atoms with E-state index in [0.717, 1.165) is 37.7 Å². The SMILES string of the molecule is CCNC(=NCC(C)(C)N1CCCCC1)NCCC(=O)NCc1ccccc1.I. The topological polar surface area (TPSA) is 68.8 Å². The Morgan fingerprint density at radius 3 is 2.41 bits per heavy atom. The van der Waals surface area contributed by atoms with Crippen molar-refractivity contribution in [1.29, 1.82) is 0 Å². The van der Waals surface area contributed by atoms with Gasteiger partial charge < -0.3 is 16.0 Å². The van der Waals surface area contributed by atoms with Gasteiger partial charge in [0.1, 0.15) is 0 Å². The van der Waals surface area contributed by atoms with Gasteiger partial charge in [-0.05, 0) is 52.3 Å². The van der Waals surface area contributed by atoms with E-state index >= 15 is 0 Å². The van der Waals surface area contributed by atoms with Gasteiger partial charge in [0.05, 0.1) is 6.54 Å². The first-order chi connectivity index (χ1) is 13.5. The Hall–Kier alpha value is -1.35. The highest BCUT2D eigenvalue weighted by Crippen LogP contribution is 2.20. The summed E-state index contributed by atoms with van der Waals surface area (Å²) in [6, 6.07) is 9.96. The van der Waals surface area contributed by atoms with Crippen LogP contribution in [-0.4, -0.2) is 55.0 Å². The minimum Gasteiger partial charge on any atom is -0.357 e. The number of halogens is 1. The normalized spacial score (nSPS) is 15.3. The molecule has 0 bridgehead atoms. The smallest absolute Gasteiger partial charge is 0.222 e. The van der Waals surface area contributed by atoms with E-state index in [1.807, 2.05) is 30.3 Å². The van der Waals surface area contributed by atoms with E-state index in [-0.39, 0.29) is 35.4 Å². The lowest BCUT2D eigenvalue weighted by Gasteiger charge is -2.40. The maximum Gasteiger partial charge on any atom is 0.222 e. The van der Waals surface area contributed by atoms with Crippen LogP contribution in [0.2, 0.25) is 0 Å². The molecule has 1 aromatic carbocycles. The van der Waals surface area contributed by atoms with Gasteiger partial charge in [-0.1, -0.05) is 36.8 Å². The van der Waals surface area contributed by atoms with E-state index in [1.54, 1.807) is 0 Å². The number of rotatable bonds is 9. The Labute approximate surface area is 193 Å². The molecule has 1 aliphatic rings. The van der Waals surface area contributed by atoms with Crippen LogP contribution in [0.15, 0.2) is 35.3 Å². The van der Waals surface area contributed by atoms with Crippen molar-refractivity contribution in [2.24, 2.45) is 4.99 Å². The third kappa shape index (κ3) is 9.80. The summed E-state index contributed by atoms with van der Waals surface area (Å²) < 4.78 is 0. The zero-order chi connectivity index (χ0) is 20.2. The number of carbonyl (C=O) groups is 1. The first-order valence-electron chi connectivity index (χ1n) is 10.6. The molecule has 0 aromatic heterocycles. The molecule has 2 rings (SSSR count). The van der Waals surface area contributed by atoms with E-state index < -0.39 is 0 Å². The van der Waals surface area contributed by atoms with Crippen molar-refractivity contribution in [2.45, 2.75) is 58.5 Å². The zero-order valence-corrected chi connectivity index (χ0v) is 20.5. The zero-order valence-electron chi connectivity index (χ0n) is 18.2. The molecule has 3 N–H and O–H groups in total. The predicted molar refractivity (Wildman–Crippen MR) is 132 cm³/mol. The number of hydrogen-bond acceptors (Lipinski definition) is 3. The Morgan fingerprint density at radius 2 is 1.76 bits per heavy atom. The van der Waals surface area contributed by atoms with Gasteiger partial charge >= 0.3 is 0 Å². The molecule has 0 atom stereocenters. The quantitative estimate of drug-likeness (QED) is 0.269. The molecule has 6 nitrogen and oxygen atoms in total.